The van der Waals surface area contributed by atoms with Crippen molar-refractivity contribution in [3.63, 3.8) is 0 Å². The molecule has 0 aromatic rings. The van der Waals surface area contributed by atoms with Crippen LogP contribution in [0.1, 0.15) is 65.2 Å². The summed E-state index contributed by atoms with van der Waals surface area (Å²) in [7, 11) is 0. The molecular formula is C14H30N+. The maximum absolute atomic E-state index is 2.31. The highest BCUT2D eigenvalue weighted by atomic mass is 15.4. The molecule has 0 aliphatic carbocycles. The van der Waals surface area contributed by atoms with Crippen molar-refractivity contribution >= 4 is 0 Å². The van der Waals surface area contributed by atoms with Gasteiger partial charge in [0.1, 0.15) is 0 Å². The zero-order valence-corrected chi connectivity index (χ0v) is 10.9. The van der Waals surface area contributed by atoms with Gasteiger partial charge in [-0.2, -0.15) is 0 Å². The molecule has 0 unspecified atom stereocenters. The van der Waals surface area contributed by atoms with E-state index in [4.69, 9.17) is 0 Å². The van der Waals surface area contributed by atoms with Gasteiger partial charge in [-0.1, -0.05) is 26.7 Å². The Balaban J connectivity index is 2.26. The number of quaternary nitrogens is 1. The molecule has 0 N–H and O–H groups in total. The first kappa shape index (κ1) is 13.0. The Morgan fingerprint density at radius 1 is 0.733 bits per heavy atom. The summed E-state index contributed by atoms with van der Waals surface area (Å²) in [5.41, 5.74) is 0. The maximum atomic E-state index is 2.31. The van der Waals surface area contributed by atoms with Crippen LogP contribution in [0.25, 0.3) is 0 Å². The lowest BCUT2D eigenvalue weighted by molar-refractivity contribution is -0.917. The van der Waals surface area contributed by atoms with Crippen LogP contribution < -0.4 is 0 Å². The Bertz CT molecular complexity index is 135. The quantitative estimate of drug-likeness (QED) is 0.422. The Morgan fingerprint density at radius 2 is 1.20 bits per heavy atom. The zero-order valence-electron chi connectivity index (χ0n) is 10.9. The summed E-state index contributed by atoms with van der Waals surface area (Å²) < 4.78 is 1.47. The van der Waals surface area contributed by atoms with Crippen LogP contribution in [-0.4, -0.2) is 30.7 Å². The summed E-state index contributed by atoms with van der Waals surface area (Å²) in [6.07, 6.45) is 11.5. The predicted octanol–water partition coefficient (Wildman–Crippen LogP) is 3.98. The Hall–Kier alpha value is -0.0400. The summed E-state index contributed by atoms with van der Waals surface area (Å²) in [5, 5.41) is 0. The van der Waals surface area contributed by atoms with E-state index in [1.54, 1.807) is 0 Å². The van der Waals surface area contributed by atoms with Crippen LogP contribution in [0.2, 0.25) is 0 Å². The lowest BCUT2D eigenvalue weighted by Gasteiger charge is -2.34. The van der Waals surface area contributed by atoms with E-state index >= 15 is 0 Å². The minimum Gasteiger partial charge on any atom is -0.324 e. The molecule has 0 radical (unpaired) electrons. The lowest BCUT2D eigenvalue weighted by atomic mass is 10.2. The van der Waals surface area contributed by atoms with Crippen LogP contribution in [0.4, 0.5) is 0 Å². The van der Waals surface area contributed by atoms with Crippen molar-refractivity contribution in [1.29, 1.82) is 0 Å². The number of hydrogen-bond donors (Lipinski definition) is 0. The molecule has 1 saturated heterocycles. The molecular weight excluding hydrogens is 182 g/mol. The molecule has 0 atom stereocenters. The molecule has 90 valence electrons. The fourth-order valence-corrected chi connectivity index (χ4v) is 2.96. The van der Waals surface area contributed by atoms with E-state index in [0.717, 1.165) is 0 Å². The predicted molar refractivity (Wildman–Crippen MR) is 68.0 cm³/mol. The molecule has 1 aliphatic rings. The average molecular weight is 212 g/mol. The van der Waals surface area contributed by atoms with Crippen LogP contribution in [0, 0.1) is 0 Å². The second kappa shape index (κ2) is 7.27. The summed E-state index contributed by atoms with van der Waals surface area (Å²) >= 11 is 0. The minimum atomic E-state index is 1.37. The van der Waals surface area contributed by atoms with Gasteiger partial charge in [0.05, 0.1) is 26.2 Å². The first-order chi connectivity index (χ1) is 7.33. The second-order valence-corrected chi connectivity index (χ2v) is 5.36. The van der Waals surface area contributed by atoms with Crippen LogP contribution in [-0.2, 0) is 0 Å². The summed E-state index contributed by atoms with van der Waals surface area (Å²) in [6.45, 7) is 10.5. The molecule has 0 aromatic carbocycles. The van der Waals surface area contributed by atoms with Crippen molar-refractivity contribution in [2.24, 2.45) is 0 Å². The van der Waals surface area contributed by atoms with Crippen molar-refractivity contribution in [2.45, 2.75) is 65.2 Å². The van der Waals surface area contributed by atoms with Crippen LogP contribution in [0.3, 0.4) is 0 Å². The third kappa shape index (κ3) is 4.55. The van der Waals surface area contributed by atoms with E-state index in [2.05, 4.69) is 13.8 Å². The molecule has 0 bridgehead atoms. The average Bonchev–Trinajstić information content (AvgIpc) is 2.68. The molecule has 0 aromatic heterocycles. The van der Waals surface area contributed by atoms with Crippen molar-refractivity contribution in [3.8, 4) is 0 Å². The normalized spacial score (nSPS) is 19.6. The number of rotatable bonds is 8. The van der Waals surface area contributed by atoms with Crippen molar-refractivity contribution < 1.29 is 4.48 Å². The molecule has 1 heterocycles. The van der Waals surface area contributed by atoms with E-state index in [9.17, 15) is 0 Å². The number of unbranched alkanes of at least 4 members (excludes halogenated alkanes) is 4. The second-order valence-electron chi connectivity index (χ2n) is 5.36. The number of nitrogens with zero attached hydrogens (tertiary/aromatic N) is 1. The Labute approximate surface area is 96.4 Å². The molecule has 1 fully saturated rings. The smallest absolute Gasteiger partial charge is 0.0788 e. The monoisotopic (exact) mass is 212 g/mol. The molecule has 1 aliphatic heterocycles. The fraction of sp³-hybridized carbons (Fsp3) is 1.00. The third-order valence-corrected chi connectivity index (χ3v) is 3.99. The SMILES string of the molecule is CCCCC[N+]1(CCCCC)CCCC1. The fourth-order valence-electron chi connectivity index (χ4n) is 2.96. The van der Waals surface area contributed by atoms with Crippen molar-refractivity contribution in [3.05, 3.63) is 0 Å². The van der Waals surface area contributed by atoms with Gasteiger partial charge < -0.3 is 4.48 Å². The van der Waals surface area contributed by atoms with Gasteiger partial charge in [-0.25, -0.2) is 0 Å². The van der Waals surface area contributed by atoms with Gasteiger partial charge in [0.25, 0.3) is 0 Å². The summed E-state index contributed by atoms with van der Waals surface area (Å²) in [5.74, 6) is 0. The number of hydrogen-bond acceptors (Lipinski definition) is 0. The topological polar surface area (TPSA) is 0 Å². The molecule has 0 spiro atoms. The van der Waals surface area contributed by atoms with E-state index in [-0.39, 0.29) is 0 Å². The highest BCUT2D eigenvalue weighted by Gasteiger charge is 2.30. The number of likely N-dealkylation sites (tertiary alicyclic amines) is 1. The summed E-state index contributed by atoms with van der Waals surface area (Å²) in [6, 6.07) is 0. The van der Waals surface area contributed by atoms with E-state index < -0.39 is 0 Å². The highest BCUT2D eigenvalue weighted by molar-refractivity contribution is 4.56. The standard InChI is InChI=1S/C14H30N/c1-3-5-7-11-15(12-8-6-4-2)13-9-10-14-15/h3-14H2,1-2H3/q+1. The Kier molecular flexibility index (Phi) is 6.31. The van der Waals surface area contributed by atoms with Gasteiger partial charge in [-0.3, -0.25) is 0 Å². The minimum absolute atomic E-state index is 1.37. The van der Waals surface area contributed by atoms with Gasteiger partial charge in [-0.15, -0.1) is 0 Å². The van der Waals surface area contributed by atoms with Gasteiger partial charge in [0.15, 0.2) is 0 Å². The Morgan fingerprint density at radius 3 is 1.60 bits per heavy atom. The van der Waals surface area contributed by atoms with Crippen molar-refractivity contribution in [2.75, 3.05) is 26.2 Å². The van der Waals surface area contributed by atoms with E-state index in [1.165, 1.54) is 82.0 Å². The molecule has 0 amide bonds. The van der Waals surface area contributed by atoms with Crippen LogP contribution in [0.5, 0.6) is 0 Å². The summed E-state index contributed by atoms with van der Waals surface area (Å²) in [4.78, 5) is 0. The molecule has 15 heavy (non-hydrogen) atoms. The molecule has 0 saturated carbocycles. The van der Waals surface area contributed by atoms with Gasteiger partial charge >= 0.3 is 0 Å². The van der Waals surface area contributed by atoms with Crippen molar-refractivity contribution in [1.82, 2.24) is 0 Å². The third-order valence-electron chi connectivity index (χ3n) is 3.99. The van der Waals surface area contributed by atoms with Crippen LogP contribution >= 0.6 is 0 Å². The van der Waals surface area contributed by atoms with Crippen LogP contribution in [0.15, 0.2) is 0 Å². The molecule has 1 rings (SSSR count). The van der Waals surface area contributed by atoms with E-state index in [1.807, 2.05) is 0 Å². The maximum Gasteiger partial charge on any atom is 0.0788 e. The first-order valence-electron chi connectivity index (χ1n) is 7.18. The largest absolute Gasteiger partial charge is 0.324 e. The molecule has 1 heteroatoms. The first-order valence-corrected chi connectivity index (χ1v) is 7.18. The highest BCUT2D eigenvalue weighted by Crippen LogP contribution is 2.22. The zero-order chi connectivity index (χ0) is 11.0. The van der Waals surface area contributed by atoms with Gasteiger partial charge in [0.2, 0.25) is 0 Å². The molecule has 1 nitrogen and oxygen atoms in total. The van der Waals surface area contributed by atoms with E-state index in [0.29, 0.717) is 0 Å². The van der Waals surface area contributed by atoms with Gasteiger partial charge in [-0.05, 0) is 25.7 Å². The van der Waals surface area contributed by atoms with Gasteiger partial charge in [0, 0.05) is 12.8 Å². The lowest BCUT2D eigenvalue weighted by Crippen LogP contribution is -2.46.